The molecule has 1 aliphatic rings. The molecule has 2 atom stereocenters. The SMILES string of the molecule is C[C@H](O)CNC(=O)c1nc2n(n1)-c1ccc(C(F)(F)F)c(Cl)c1C(c1c(F)cccc1F)=N[C@H]2C. The summed E-state index contributed by atoms with van der Waals surface area (Å²) >= 11 is 6.19. The van der Waals surface area contributed by atoms with E-state index in [9.17, 15) is 31.9 Å². The van der Waals surface area contributed by atoms with Crippen molar-refractivity contribution in [3.8, 4) is 5.69 Å². The van der Waals surface area contributed by atoms with Crippen LogP contribution in [0.5, 0.6) is 0 Å². The van der Waals surface area contributed by atoms with E-state index in [0.29, 0.717) is 6.07 Å². The van der Waals surface area contributed by atoms with Crippen LogP contribution < -0.4 is 5.32 Å². The summed E-state index contributed by atoms with van der Waals surface area (Å²) in [5.74, 6) is -3.18. The lowest BCUT2D eigenvalue weighted by molar-refractivity contribution is -0.137. The summed E-state index contributed by atoms with van der Waals surface area (Å²) < 4.78 is 71.5. The quantitative estimate of drug-likeness (QED) is 0.510. The van der Waals surface area contributed by atoms with E-state index in [4.69, 9.17) is 11.6 Å². The third-order valence-electron chi connectivity index (χ3n) is 5.18. The molecule has 2 aromatic carbocycles. The van der Waals surface area contributed by atoms with Gasteiger partial charge in [-0.2, -0.15) is 13.2 Å². The van der Waals surface area contributed by atoms with Crippen LogP contribution in [0.2, 0.25) is 5.02 Å². The molecule has 1 amide bonds. The van der Waals surface area contributed by atoms with Gasteiger partial charge in [0.05, 0.1) is 33.7 Å². The summed E-state index contributed by atoms with van der Waals surface area (Å²) in [6, 6.07) is 3.72. The number of nitrogens with zero attached hydrogens (tertiary/aromatic N) is 4. The van der Waals surface area contributed by atoms with Crippen LogP contribution in [0, 0.1) is 11.6 Å². The van der Waals surface area contributed by atoms with Gasteiger partial charge in [-0.25, -0.2) is 18.4 Å². The van der Waals surface area contributed by atoms with E-state index in [1.807, 2.05) is 0 Å². The Balaban J connectivity index is 1.99. The second kappa shape index (κ2) is 9.00. The number of carbonyl (C=O) groups is 1. The van der Waals surface area contributed by atoms with Crippen molar-refractivity contribution in [3.05, 3.63) is 75.3 Å². The molecule has 0 radical (unpaired) electrons. The van der Waals surface area contributed by atoms with Crippen molar-refractivity contribution in [3.63, 3.8) is 0 Å². The number of aliphatic hydroxyl groups is 1. The number of amides is 1. The summed E-state index contributed by atoms with van der Waals surface area (Å²) in [5, 5.41) is 15.0. The molecule has 4 rings (SSSR count). The molecule has 0 saturated heterocycles. The predicted octanol–water partition coefficient (Wildman–Crippen LogP) is 4.24. The van der Waals surface area contributed by atoms with Gasteiger partial charge in [-0.3, -0.25) is 9.79 Å². The van der Waals surface area contributed by atoms with Crippen molar-refractivity contribution in [2.45, 2.75) is 32.2 Å². The molecule has 184 valence electrons. The van der Waals surface area contributed by atoms with Gasteiger partial charge in [0.15, 0.2) is 5.82 Å². The maximum Gasteiger partial charge on any atom is 0.417 e. The Hall–Kier alpha value is -3.38. The van der Waals surface area contributed by atoms with Gasteiger partial charge in [0, 0.05) is 12.1 Å². The van der Waals surface area contributed by atoms with E-state index < -0.39 is 63.3 Å². The number of carbonyl (C=O) groups excluding carboxylic acids is 1. The van der Waals surface area contributed by atoms with Crippen LogP contribution in [0.25, 0.3) is 5.69 Å². The molecule has 2 N–H and O–H groups in total. The number of hydrogen-bond acceptors (Lipinski definition) is 5. The number of hydrogen-bond donors (Lipinski definition) is 2. The van der Waals surface area contributed by atoms with Crippen LogP contribution in [-0.4, -0.2) is 44.1 Å². The van der Waals surface area contributed by atoms with Gasteiger partial charge in [-0.15, -0.1) is 5.10 Å². The van der Waals surface area contributed by atoms with Crippen molar-refractivity contribution in [1.82, 2.24) is 20.1 Å². The van der Waals surface area contributed by atoms with Crippen LogP contribution in [0.1, 0.15) is 53.0 Å². The largest absolute Gasteiger partial charge is 0.417 e. The van der Waals surface area contributed by atoms with Gasteiger partial charge in [-0.05, 0) is 38.1 Å². The third-order valence-corrected chi connectivity index (χ3v) is 5.57. The number of fused-ring (bicyclic) bond motifs is 3. The Morgan fingerprint density at radius 1 is 1.20 bits per heavy atom. The van der Waals surface area contributed by atoms with Gasteiger partial charge >= 0.3 is 6.18 Å². The highest BCUT2D eigenvalue weighted by Crippen LogP contribution is 2.41. The zero-order chi connectivity index (χ0) is 25.7. The highest BCUT2D eigenvalue weighted by atomic mass is 35.5. The van der Waals surface area contributed by atoms with Crippen LogP contribution in [0.3, 0.4) is 0 Å². The lowest BCUT2D eigenvalue weighted by Gasteiger charge is -2.17. The molecule has 0 saturated carbocycles. The molecule has 3 aromatic rings. The van der Waals surface area contributed by atoms with Gasteiger partial charge in [0.2, 0.25) is 5.82 Å². The number of rotatable bonds is 4. The second-order valence-electron chi connectivity index (χ2n) is 7.83. The minimum Gasteiger partial charge on any atom is -0.392 e. The van der Waals surface area contributed by atoms with Crippen molar-refractivity contribution < 1.29 is 31.9 Å². The molecule has 2 heterocycles. The Morgan fingerprint density at radius 2 is 1.86 bits per heavy atom. The first-order valence-electron chi connectivity index (χ1n) is 10.3. The predicted molar refractivity (Wildman–Crippen MR) is 116 cm³/mol. The zero-order valence-corrected chi connectivity index (χ0v) is 18.9. The molecule has 0 fully saturated rings. The van der Waals surface area contributed by atoms with Crippen molar-refractivity contribution in [2.75, 3.05) is 6.54 Å². The Labute approximate surface area is 200 Å². The van der Waals surface area contributed by atoms with E-state index in [-0.39, 0.29) is 23.9 Å². The highest BCUT2D eigenvalue weighted by molar-refractivity contribution is 6.37. The van der Waals surface area contributed by atoms with Crippen LogP contribution >= 0.6 is 11.6 Å². The number of halogens is 6. The smallest absolute Gasteiger partial charge is 0.392 e. The topological polar surface area (TPSA) is 92.4 Å². The normalized spacial score (nSPS) is 16.1. The van der Waals surface area contributed by atoms with E-state index in [1.54, 1.807) is 0 Å². The summed E-state index contributed by atoms with van der Waals surface area (Å²) in [6.07, 6.45) is -5.72. The number of nitrogens with one attached hydrogen (secondary N) is 1. The van der Waals surface area contributed by atoms with Crippen molar-refractivity contribution in [2.24, 2.45) is 4.99 Å². The van der Waals surface area contributed by atoms with Crippen molar-refractivity contribution in [1.29, 1.82) is 0 Å². The Kier molecular flexibility index (Phi) is 6.36. The van der Waals surface area contributed by atoms with Gasteiger partial charge in [0.25, 0.3) is 5.91 Å². The minimum absolute atomic E-state index is 0.0241. The summed E-state index contributed by atoms with van der Waals surface area (Å²) in [7, 11) is 0. The average Bonchev–Trinajstić information content (AvgIpc) is 3.17. The first kappa shape index (κ1) is 24.7. The lowest BCUT2D eigenvalue weighted by atomic mass is 9.97. The van der Waals surface area contributed by atoms with Gasteiger partial charge in [-0.1, -0.05) is 17.7 Å². The molecule has 0 aliphatic carbocycles. The van der Waals surface area contributed by atoms with Crippen molar-refractivity contribution >= 4 is 23.2 Å². The standard InChI is InChI=1S/C22H17ClF5N5O2/c1-9(34)8-29-21(35)19-31-20-10(2)30-18(15-12(24)4-3-5-13(15)25)16-14(33(20)32-19)7-6-11(17(16)23)22(26,27)28/h3-7,9-10,34H,8H2,1-2H3,(H,29,35)/t9-,10-/m0/s1. The number of aliphatic hydroxyl groups excluding tert-OH is 1. The first-order valence-corrected chi connectivity index (χ1v) is 10.6. The molecule has 13 heteroatoms. The van der Waals surface area contributed by atoms with E-state index in [1.165, 1.54) is 13.8 Å². The van der Waals surface area contributed by atoms with Crippen LogP contribution in [0.15, 0.2) is 35.3 Å². The molecular weight excluding hydrogens is 497 g/mol. The van der Waals surface area contributed by atoms with E-state index in [2.05, 4.69) is 20.4 Å². The number of benzene rings is 2. The number of alkyl halides is 3. The maximum atomic E-state index is 14.7. The maximum absolute atomic E-state index is 14.7. The molecule has 1 aromatic heterocycles. The first-order chi connectivity index (χ1) is 16.4. The van der Waals surface area contributed by atoms with E-state index in [0.717, 1.165) is 28.9 Å². The molecular formula is C22H17ClF5N5O2. The van der Waals surface area contributed by atoms with E-state index >= 15 is 0 Å². The van der Waals surface area contributed by atoms with Crippen LogP contribution in [-0.2, 0) is 6.18 Å². The number of aliphatic imine (C=N–C) groups is 1. The average molecular weight is 514 g/mol. The summed E-state index contributed by atoms with van der Waals surface area (Å²) in [6.45, 7) is 2.83. The monoisotopic (exact) mass is 513 g/mol. The van der Waals surface area contributed by atoms with Gasteiger partial charge < -0.3 is 10.4 Å². The van der Waals surface area contributed by atoms with Gasteiger partial charge in [0.1, 0.15) is 17.7 Å². The molecule has 1 aliphatic heterocycles. The fraction of sp³-hybridized carbons (Fsp3) is 0.273. The number of aromatic nitrogens is 3. The summed E-state index contributed by atoms with van der Waals surface area (Å²) in [4.78, 5) is 20.8. The summed E-state index contributed by atoms with van der Waals surface area (Å²) in [5.41, 5.74) is -2.88. The minimum atomic E-state index is -4.87. The Morgan fingerprint density at radius 3 is 2.46 bits per heavy atom. The second-order valence-corrected chi connectivity index (χ2v) is 8.21. The lowest BCUT2D eigenvalue weighted by Crippen LogP contribution is -2.31. The molecule has 0 spiro atoms. The van der Waals surface area contributed by atoms with Crippen LogP contribution in [0.4, 0.5) is 22.0 Å². The zero-order valence-electron chi connectivity index (χ0n) is 18.2. The third kappa shape index (κ3) is 4.50. The molecule has 7 nitrogen and oxygen atoms in total. The molecule has 0 bridgehead atoms. The fourth-order valence-electron chi connectivity index (χ4n) is 3.60. The highest BCUT2D eigenvalue weighted by Gasteiger charge is 2.38. The Bertz CT molecular complexity index is 1330. The molecule has 35 heavy (non-hydrogen) atoms. The fourth-order valence-corrected chi connectivity index (χ4v) is 3.96. The molecule has 0 unspecified atom stereocenters.